The number of hydrogen-bond acceptors (Lipinski definition) is 2. The lowest BCUT2D eigenvalue weighted by molar-refractivity contribution is -0.130. The van der Waals surface area contributed by atoms with Gasteiger partial charge in [-0.3, -0.25) is 4.79 Å². The van der Waals surface area contributed by atoms with Crippen molar-refractivity contribution in [2.75, 3.05) is 11.9 Å². The first-order chi connectivity index (χ1) is 8.16. The average Bonchev–Trinajstić information content (AvgIpc) is 2.34. The number of hydrogen-bond donors (Lipinski definition) is 1. The molecule has 3 nitrogen and oxygen atoms in total. The number of carbonyl (C=O) groups is 1. The van der Waals surface area contributed by atoms with Gasteiger partial charge in [-0.05, 0) is 31.4 Å². The summed E-state index contributed by atoms with van der Waals surface area (Å²) in [6.07, 6.45) is 1.96. The normalized spacial score (nSPS) is 20.0. The fourth-order valence-corrected chi connectivity index (χ4v) is 1.75. The molecule has 5 heteroatoms. The van der Waals surface area contributed by atoms with E-state index < -0.39 is 17.7 Å². The van der Waals surface area contributed by atoms with E-state index in [-0.39, 0.29) is 11.6 Å². The molecule has 17 heavy (non-hydrogen) atoms. The first-order valence-electron chi connectivity index (χ1n) is 5.54. The molecule has 1 fully saturated rings. The molecule has 0 saturated carbocycles. The van der Waals surface area contributed by atoms with E-state index in [4.69, 9.17) is 4.74 Å². The van der Waals surface area contributed by atoms with Crippen molar-refractivity contribution in [2.45, 2.75) is 25.4 Å². The molecule has 2 rings (SSSR count). The third kappa shape index (κ3) is 3.00. The fraction of sp³-hybridized carbons (Fsp3) is 0.417. The lowest BCUT2D eigenvalue weighted by Gasteiger charge is -2.21. The Morgan fingerprint density at radius 2 is 2.18 bits per heavy atom. The Bertz CT molecular complexity index is 417. The van der Waals surface area contributed by atoms with Crippen molar-refractivity contribution in [3.63, 3.8) is 0 Å². The second-order valence-electron chi connectivity index (χ2n) is 3.97. The highest BCUT2D eigenvalue weighted by Crippen LogP contribution is 2.18. The fourth-order valence-electron chi connectivity index (χ4n) is 1.75. The maximum Gasteiger partial charge on any atom is 0.253 e. The van der Waals surface area contributed by atoms with Crippen LogP contribution in [0.15, 0.2) is 18.2 Å². The topological polar surface area (TPSA) is 38.3 Å². The van der Waals surface area contributed by atoms with Crippen molar-refractivity contribution in [1.29, 1.82) is 0 Å². The molecule has 1 heterocycles. The number of rotatable bonds is 2. The molecule has 0 radical (unpaired) electrons. The van der Waals surface area contributed by atoms with Gasteiger partial charge in [-0.1, -0.05) is 0 Å². The van der Waals surface area contributed by atoms with E-state index in [0.29, 0.717) is 13.0 Å². The van der Waals surface area contributed by atoms with Crippen LogP contribution in [0.3, 0.4) is 0 Å². The Balaban J connectivity index is 2.02. The number of ether oxygens (including phenoxy) is 1. The van der Waals surface area contributed by atoms with Gasteiger partial charge in [0.05, 0.1) is 5.69 Å². The monoisotopic (exact) mass is 241 g/mol. The number of nitrogens with one attached hydrogen (secondary N) is 1. The second-order valence-corrected chi connectivity index (χ2v) is 3.97. The Kier molecular flexibility index (Phi) is 3.68. The third-order valence-corrected chi connectivity index (χ3v) is 2.66. The average molecular weight is 241 g/mol. The minimum Gasteiger partial charge on any atom is -0.368 e. The van der Waals surface area contributed by atoms with Crippen LogP contribution in [0.5, 0.6) is 0 Å². The molecule has 92 valence electrons. The number of amides is 1. The molecule has 0 spiro atoms. The van der Waals surface area contributed by atoms with Crippen molar-refractivity contribution < 1.29 is 18.3 Å². The zero-order valence-corrected chi connectivity index (χ0v) is 9.21. The highest BCUT2D eigenvalue weighted by Gasteiger charge is 2.22. The van der Waals surface area contributed by atoms with Crippen LogP contribution in [-0.4, -0.2) is 18.6 Å². The summed E-state index contributed by atoms with van der Waals surface area (Å²) in [5, 5.41) is 2.40. The summed E-state index contributed by atoms with van der Waals surface area (Å²) in [6, 6.07) is 3.03. The summed E-state index contributed by atoms with van der Waals surface area (Å²) in [5.41, 5.74) is -0.0226. The highest BCUT2D eigenvalue weighted by atomic mass is 19.1. The van der Waals surface area contributed by atoms with Crippen LogP contribution in [0.25, 0.3) is 0 Å². The molecular weight excluding hydrogens is 228 g/mol. The van der Waals surface area contributed by atoms with Crippen LogP contribution >= 0.6 is 0 Å². The van der Waals surface area contributed by atoms with Gasteiger partial charge in [0.25, 0.3) is 5.91 Å². The predicted molar refractivity (Wildman–Crippen MR) is 58.6 cm³/mol. The van der Waals surface area contributed by atoms with Gasteiger partial charge in [0.15, 0.2) is 0 Å². The number of anilines is 1. The van der Waals surface area contributed by atoms with Crippen LogP contribution in [0.4, 0.5) is 14.5 Å². The molecule has 0 aromatic heterocycles. The summed E-state index contributed by atoms with van der Waals surface area (Å²) < 4.78 is 31.2. The Labute approximate surface area is 97.8 Å². The first-order valence-corrected chi connectivity index (χ1v) is 5.54. The van der Waals surface area contributed by atoms with Crippen molar-refractivity contribution in [2.24, 2.45) is 0 Å². The summed E-state index contributed by atoms with van der Waals surface area (Å²) >= 11 is 0. The molecule has 1 aliphatic rings. The number of halogens is 2. The first kappa shape index (κ1) is 12.0. The van der Waals surface area contributed by atoms with Gasteiger partial charge in [-0.25, -0.2) is 8.78 Å². The second kappa shape index (κ2) is 5.23. The summed E-state index contributed by atoms with van der Waals surface area (Å²) in [5.74, 6) is -1.83. The highest BCUT2D eigenvalue weighted by molar-refractivity contribution is 5.94. The smallest absolute Gasteiger partial charge is 0.253 e. The molecule has 1 saturated heterocycles. The van der Waals surface area contributed by atoms with Crippen molar-refractivity contribution in [3.8, 4) is 0 Å². The quantitative estimate of drug-likeness (QED) is 0.863. The van der Waals surface area contributed by atoms with Gasteiger partial charge in [-0.2, -0.15) is 0 Å². The van der Waals surface area contributed by atoms with Crippen LogP contribution < -0.4 is 5.32 Å². The molecule has 1 amide bonds. The van der Waals surface area contributed by atoms with Crippen molar-refractivity contribution in [3.05, 3.63) is 29.8 Å². The van der Waals surface area contributed by atoms with Crippen LogP contribution in [0.1, 0.15) is 19.3 Å². The minimum absolute atomic E-state index is 0.0226. The summed E-state index contributed by atoms with van der Waals surface area (Å²) in [4.78, 5) is 11.7. The molecule has 1 aromatic rings. The molecule has 0 aliphatic carbocycles. The van der Waals surface area contributed by atoms with E-state index in [1.54, 1.807) is 0 Å². The van der Waals surface area contributed by atoms with Gasteiger partial charge in [0.1, 0.15) is 17.7 Å². The Morgan fingerprint density at radius 1 is 1.35 bits per heavy atom. The minimum atomic E-state index is -0.783. The molecule has 1 N–H and O–H groups in total. The summed E-state index contributed by atoms with van der Waals surface area (Å²) in [6.45, 7) is 0.546. The Morgan fingerprint density at radius 3 is 2.82 bits per heavy atom. The SMILES string of the molecule is O=C(Nc1ccc(F)cc1F)C1CCCCO1. The molecule has 1 aliphatic heterocycles. The lowest BCUT2D eigenvalue weighted by atomic mass is 10.1. The summed E-state index contributed by atoms with van der Waals surface area (Å²) in [7, 11) is 0. The number of carbonyl (C=O) groups excluding carboxylic acids is 1. The Hall–Kier alpha value is -1.49. The van der Waals surface area contributed by atoms with Gasteiger partial charge < -0.3 is 10.1 Å². The maximum atomic E-state index is 13.3. The van der Waals surface area contributed by atoms with Gasteiger partial charge >= 0.3 is 0 Å². The van der Waals surface area contributed by atoms with E-state index >= 15 is 0 Å². The predicted octanol–water partition coefficient (Wildman–Crippen LogP) is 2.47. The van der Waals surface area contributed by atoms with E-state index in [0.717, 1.165) is 25.0 Å². The van der Waals surface area contributed by atoms with E-state index in [1.807, 2.05) is 0 Å². The van der Waals surface area contributed by atoms with Crippen LogP contribution in [0, 0.1) is 11.6 Å². The van der Waals surface area contributed by atoms with E-state index in [9.17, 15) is 13.6 Å². The zero-order valence-electron chi connectivity index (χ0n) is 9.21. The van der Waals surface area contributed by atoms with Gasteiger partial charge in [0.2, 0.25) is 0 Å². The zero-order chi connectivity index (χ0) is 12.3. The maximum absolute atomic E-state index is 13.3. The van der Waals surface area contributed by atoms with Crippen molar-refractivity contribution in [1.82, 2.24) is 0 Å². The van der Waals surface area contributed by atoms with Crippen LogP contribution in [-0.2, 0) is 9.53 Å². The molecule has 1 atom stereocenters. The van der Waals surface area contributed by atoms with Gasteiger partial charge in [0, 0.05) is 12.7 Å². The molecule has 1 aromatic carbocycles. The van der Waals surface area contributed by atoms with Crippen molar-refractivity contribution >= 4 is 11.6 Å². The number of benzene rings is 1. The molecule has 1 unspecified atom stereocenters. The molecular formula is C12H13F2NO2. The van der Waals surface area contributed by atoms with E-state index in [2.05, 4.69) is 5.32 Å². The standard InChI is InChI=1S/C12H13F2NO2/c13-8-4-5-10(9(14)7-8)15-12(16)11-3-1-2-6-17-11/h4-5,7,11H,1-3,6H2,(H,15,16). The van der Waals surface area contributed by atoms with Crippen LogP contribution in [0.2, 0.25) is 0 Å². The third-order valence-electron chi connectivity index (χ3n) is 2.66. The lowest BCUT2D eigenvalue weighted by Crippen LogP contribution is -2.33. The van der Waals surface area contributed by atoms with E-state index in [1.165, 1.54) is 6.07 Å². The molecule has 0 bridgehead atoms. The van der Waals surface area contributed by atoms with Gasteiger partial charge in [-0.15, -0.1) is 0 Å². The largest absolute Gasteiger partial charge is 0.368 e.